The monoisotopic (exact) mass is 535 g/mol. The van der Waals surface area contributed by atoms with Crippen LogP contribution in [0.1, 0.15) is 50.3 Å². The number of nitrogens with one attached hydrogen (secondary N) is 1. The van der Waals surface area contributed by atoms with Crippen LogP contribution in [-0.4, -0.2) is 49.1 Å². The predicted octanol–water partition coefficient (Wildman–Crippen LogP) is 5.01. The van der Waals surface area contributed by atoms with Crippen molar-refractivity contribution in [1.82, 2.24) is 10.2 Å². The van der Waals surface area contributed by atoms with E-state index in [-0.39, 0.29) is 28.9 Å². The molecule has 1 heterocycles. The van der Waals surface area contributed by atoms with Gasteiger partial charge in [0.25, 0.3) is 5.69 Å². The number of nitro benzene ring substituents is 1. The fourth-order valence-corrected chi connectivity index (χ4v) is 4.97. The number of rotatable bonds is 10. The van der Waals surface area contributed by atoms with Gasteiger partial charge in [-0.05, 0) is 38.9 Å². The average molecular weight is 536 g/mol. The third-order valence-corrected chi connectivity index (χ3v) is 6.66. The minimum atomic E-state index is -0.890. The van der Waals surface area contributed by atoms with Crippen LogP contribution in [0.2, 0.25) is 0 Å². The van der Waals surface area contributed by atoms with Crippen LogP contribution >= 0.6 is 0 Å². The molecule has 0 saturated heterocycles. The zero-order chi connectivity index (χ0) is 28.9. The first kappa shape index (κ1) is 29.6. The third-order valence-electron chi connectivity index (χ3n) is 6.66. The van der Waals surface area contributed by atoms with Crippen LogP contribution in [0.25, 0.3) is 0 Å². The molecule has 0 saturated carbocycles. The van der Waals surface area contributed by atoms with Crippen molar-refractivity contribution >= 4 is 17.6 Å². The van der Waals surface area contributed by atoms with Gasteiger partial charge in [-0.1, -0.05) is 55.8 Å². The molecule has 0 spiro atoms. The molecule has 0 aliphatic carbocycles. The molecule has 0 aromatic heterocycles. The summed E-state index contributed by atoms with van der Waals surface area (Å²) >= 11 is 0. The average Bonchev–Trinajstić information content (AvgIpc) is 2.87. The van der Waals surface area contributed by atoms with E-state index in [2.05, 4.69) is 41.4 Å². The van der Waals surface area contributed by atoms with E-state index in [9.17, 15) is 19.7 Å². The largest absolute Gasteiger partial charge is 0.466 e. The van der Waals surface area contributed by atoms with E-state index in [4.69, 9.17) is 9.47 Å². The Morgan fingerprint density at radius 1 is 1.03 bits per heavy atom. The molecule has 39 heavy (non-hydrogen) atoms. The topological polar surface area (TPSA) is 111 Å². The second-order valence-electron chi connectivity index (χ2n) is 10.9. The summed E-state index contributed by atoms with van der Waals surface area (Å²) in [6.07, 6.45) is 0. The quantitative estimate of drug-likeness (QED) is 0.257. The lowest BCUT2D eigenvalue weighted by atomic mass is 9.80. The van der Waals surface area contributed by atoms with Gasteiger partial charge in [0.2, 0.25) is 0 Å². The number of dihydropyridines is 1. The van der Waals surface area contributed by atoms with Crippen molar-refractivity contribution in [2.24, 2.45) is 5.41 Å². The molecule has 0 bridgehead atoms. The summed E-state index contributed by atoms with van der Waals surface area (Å²) in [4.78, 5) is 39.5. The number of hydrogen-bond donors (Lipinski definition) is 1. The zero-order valence-corrected chi connectivity index (χ0v) is 23.7. The summed E-state index contributed by atoms with van der Waals surface area (Å²) in [5.41, 5.74) is 3.75. The first-order chi connectivity index (χ1) is 18.3. The van der Waals surface area contributed by atoms with Crippen LogP contribution in [-0.2, 0) is 25.6 Å². The summed E-state index contributed by atoms with van der Waals surface area (Å²) in [5, 5.41) is 14.6. The summed E-state index contributed by atoms with van der Waals surface area (Å²) in [6.45, 7) is 11.1. The van der Waals surface area contributed by atoms with Crippen LogP contribution < -0.4 is 5.32 Å². The molecule has 1 aliphatic heterocycles. The van der Waals surface area contributed by atoms with Crippen molar-refractivity contribution in [1.29, 1.82) is 0 Å². The standard InChI is InChI=1S/C30H37N3O6/c1-19-11-13-22(14-12-19)16-32(6)17-30(4,5)18-39-29(35)26-21(3)31-20(2)25(28(34)38-7)27(26)23-9-8-10-24(15-23)33(36)37/h8-15,27,31H,16-18H2,1-7H3. The maximum Gasteiger partial charge on any atom is 0.336 e. The van der Waals surface area contributed by atoms with E-state index >= 15 is 0 Å². The number of nitro groups is 1. The summed E-state index contributed by atoms with van der Waals surface area (Å²) in [6, 6.07) is 14.3. The van der Waals surface area contributed by atoms with Crippen molar-refractivity contribution in [2.45, 2.75) is 47.1 Å². The van der Waals surface area contributed by atoms with Gasteiger partial charge in [-0.25, -0.2) is 9.59 Å². The lowest BCUT2D eigenvalue weighted by Gasteiger charge is -2.32. The van der Waals surface area contributed by atoms with Crippen molar-refractivity contribution in [3.63, 3.8) is 0 Å². The molecule has 2 aromatic rings. The maximum atomic E-state index is 13.6. The molecule has 0 fully saturated rings. The summed E-state index contributed by atoms with van der Waals surface area (Å²) < 4.78 is 10.9. The van der Waals surface area contributed by atoms with Crippen LogP contribution in [0.4, 0.5) is 5.69 Å². The molecule has 1 atom stereocenters. The van der Waals surface area contributed by atoms with Gasteiger partial charge in [0.05, 0.1) is 35.7 Å². The van der Waals surface area contributed by atoms with Crippen molar-refractivity contribution in [3.8, 4) is 0 Å². The highest BCUT2D eigenvalue weighted by Gasteiger charge is 2.39. The normalized spacial score (nSPS) is 15.7. The van der Waals surface area contributed by atoms with Gasteiger partial charge in [0, 0.05) is 42.0 Å². The molecule has 9 nitrogen and oxygen atoms in total. The van der Waals surface area contributed by atoms with E-state index in [1.54, 1.807) is 19.9 Å². The van der Waals surface area contributed by atoms with Gasteiger partial charge in [-0.3, -0.25) is 10.1 Å². The number of methoxy groups -OCH3 is 1. The van der Waals surface area contributed by atoms with E-state index < -0.39 is 22.8 Å². The first-order valence-electron chi connectivity index (χ1n) is 12.8. The molecule has 3 rings (SSSR count). The lowest BCUT2D eigenvalue weighted by Crippen LogP contribution is -2.37. The van der Waals surface area contributed by atoms with E-state index in [0.717, 1.165) is 6.54 Å². The van der Waals surface area contributed by atoms with Gasteiger partial charge in [0.1, 0.15) is 0 Å². The van der Waals surface area contributed by atoms with Crippen LogP contribution in [0.15, 0.2) is 71.1 Å². The van der Waals surface area contributed by atoms with E-state index in [1.807, 2.05) is 20.9 Å². The van der Waals surface area contributed by atoms with Crippen molar-refractivity contribution in [2.75, 3.05) is 27.3 Å². The van der Waals surface area contributed by atoms with E-state index in [0.29, 0.717) is 23.5 Å². The Hall–Kier alpha value is -3.98. The van der Waals surface area contributed by atoms with E-state index in [1.165, 1.54) is 36.4 Å². The predicted molar refractivity (Wildman–Crippen MR) is 149 cm³/mol. The Morgan fingerprint density at radius 3 is 2.23 bits per heavy atom. The number of non-ortho nitro benzene ring substituents is 1. The summed E-state index contributed by atoms with van der Waals surface area (Å²) in [5.74, 6) is -2.12. The van der Waals surface area contributed by atoms with Gasteiger partial charge in [-0.2, -0.15) is 0 Å². The Labute approximate surface area is 229 Å². The summed E-state index contributed by atoms with van der Waals surface area (Å²) in [7, 11) is 3.28. The highest BCUT2D eigenvalue weighted by atomic mass is 16.6. The molecular formula is C30H37N3O6. The van der Waals surface area contributed by atoms with Crippen LogP contribution in [0.5, 0.6) is 0 Å². The fraction of sp³-hybridized carbons (Fsp3) is 0.400. The molecule has 1 unspecified atom stereocenters. The Bertz CT molecular complexity index is 1310. The molecule has 0 amide bonds. The lowest BCUT2D eigenvalue weighted by molar-refractivity contribution is -0.384. The highest BCUT2D eigenvalue weighted by Crippen LogP contribution is 2.40. The Morgan fingerprint density at radius 2 is 1.64 bits per heavy atom. The molecule has 208 valence electrons. The molecule has 1 aliphatic rings. The van der Waals surface area contributed by atoms with Crippen LogP contribution in [0.3, 0.4) is 0 Å². The second-order valence-corrected chi connectivity index (χ2v) is 10.9. The van der Waals surface area contributed by atoms with Gasteiger partial charge in [-0.15, -0.1) is 0 Å². The number of carbonyl (C=O) groups excluding carboxylic acids is 2. The maximum absolute atomic E-state index is 13.6. The molecule has 2 aromatic carbocycles. The second kappa shape index (κ2) is 12.3. The number of esters is 2. The first-order valence-corrected chi connectivity index (χ1v) is 12.8. The molecule has 0 radical (unpaired) electrons. The number of benzene rings is 2. The molecule has 9 heteroatoms. The molecule has 1 N–H and O–H groups in total. The highest BCUT2D eigenvalue weighted by molar-refractivity contribution is 5.99. The fourth-order valence-electron chi connectivity index (χ4n) is 4.97. The number of carbonyl (C=O) groups is 2. The number of nitrogens with zero attached hydrogens (tertiary/aromatic N) is 2. The number of ether oxygens (including phenoxy) is 2. The van der Waals surface area contributed by atoms with Crippen molar-refractivity contribution in [3.05, 3.63) is 97.9 Å². The Balaban J connectivity index is 1.83. The number of allylic oxidation sites excluding steroid dienone is 2. The van der Waals surface area contributed by atoms with Crippen molar-refractivity contribution < 1.29 is 24.0 Å². The smallest absolute Gasteiger partial charge is 0.336 e. The molecular weight excluding hydrogens is 498 g/mol. The van der Waals surface area contributed by atoms with Gasteiger partial charge < -0.3 is 19.7 Å². The van der Waals surface area contributed by atoms with Gasteiger partial charge >= 0.3 is 11.9 Å². The Kier molecular flexibility index (Phi) is 9.29. The van der Waals surface area contributed by atoms with Gasteiger partial charge in [0.15, 0.2) is 0 Å². The number of aryl methyl sites for hydroxylation is 1. The minimum Gasteiger partial charge on any atom is -0.466 e. The number of hydrogen-bond acceptors (Lipinski definition) is 8. The third kappa shape index (κ3) is 7.32. The minimum absolute atomic E-state index is 0.138. The SMILES string of the molecule is COC(=O)C1=C(C)NC(C)=C(C(=O)OCC(C)(C)CN(C)Cc2ccc(C)cc2)C1c1cccc([N+](=O)[O-])c1. The zero-order valence-electron chi connectivity index (χ0n) is 23.7. The van der Waals surface area contributed by atoms with Crippen LogP contribution in [0, 0.1) is 22.5 Å².